The van der Waals surface area contributed by atoms with Gasteiger partial charge in [0.1, 0.15) is 5.82 Å². The zero-order chi connectivity index (χ0) is 11.7. The summed E-state index contributed by atoms with van der Waals surface area (Å²) in [6.07, 6.45) is 0. The molecule has 1 aromatic heterocycles. The maximum absolute atomic E-state index is 9.07. The van der Waals surface area contributed by atoms with Gasteiger partial charge in [-0.25, -0.2) is 4.68 Å². The van der Waals surface area contributed by atoms with E-state index in [0.717, 1.165) is 0 Å². The van der Waals surface area contributed by atoms with E-state index in [1.54, 1.807) is 24.3 Å². The molecule has 0 aliphatic heterocycles. The normalized spacial score (nSPS) is 10.6. The van der Waals surface area contributed by atoms with E-state index in [1.807, 2.05) is 0 Å². The summed E-state index contributed by atoms with van der Waals surface area (Å²) in [6.45, 7) is -0.238. The van der Waals surface area contributed by atoms with E-state index in [0.29, 0.717) is 22.1 Å². The highest BCUT2D eigenvalue weighted by Crippen LogP contribution is 2.23. The molecule has 5 N–H and O–H groups in total. The number of halogens is 1. The molecule has 0 aliphatic rings. The number of rotatable bonds is 2. The van der Waals surface area contributed by atoms with Crippen LogP contribution in [0.5, 0.6) is 0 Å². The van der Waals surface area contributed by atoms with E-state index in [4.69, 9.17) is 28.2 Å². The molecule has 5 nitrogen and oxygen atoms in total. The Morgan fingerprint density at radius 2 is 2.12 bits per heavy atom. The van der Waals surface area contributed by atoms with Crippen LogP contribution in [-0.4, -0.2) is 14.9 Å². The van der Waals surface area contributed by atoms with Crippen molar-refractivity contribution in [2.75, 3.05) is 11.5 Å². The third-order valence-electron chi connectivity index (χ3n) is 2.27. The molecule has 0 aliphatic carbocycles. The molecule has 16 heavy (non-hydrogen) atoms. The number of nitrogens with two attached hydrogens (primary N) is 2. The minimum absolute atomic E-state index is 0.222. The molecule has 6 heteroatoms. The molecule has 1 heterocycles. The number of anilines is 2. The van der Waals surface area contributed by atoms with Crippen LogP contribution in [0, 0.1) is 0 Å². The van der Waals surface area contributed by atoms with Gasteiger partial charge in [-0.05, 0) is 18.2 Å². The van der Waals surface area contributed by atoms with Crippen LogP contribution in [0.3, 0.4) is 0 Å². The SMILES string of the molecule is Nc1nn(-c2cccc(Cl)c2)c(N)c1CO. The average molecular weight is 239 g/mol. The van der Waals surface area contributed by atoms with Crippen molar-refractivity contribution >= 4 is 23.2 Å². The van der Waals surface area contributed by atoms with E-state index < -0.39 is 0 Å². The van der Waals surface area contributed by atoms with Crippen molar-refractivity contribution in [1.29, 1.82) is 0 Å². The summed E-state index contributed by atoms with van der Waals surface area (Å²) in [5.74, 6) is 0.544. The van der Waals surface area contributed by atoms with Crippen molar-refractivity contribution in [1.82, 2.24) is 9.78 Å². The van der Waals surface area contributed by atoms with Crippen LogP contribution in [-0.2, 0) is 6.61 Å². The molecule has 0 spiro atoms. The summed E-state index contributed by atoms with van der Waals surface area (Å²) < 4.78 is 1.45. The minimum atomic E-state index is -0.238. The number of nitrogens with zero attached hydrogens (tertiary/aromatic N) is 2. The van der Waals surface area contributed by atoms with Gasteiger partial charge in [-0.2, -0.15) is 0 Å². The van der Waals surface area contributed by atoms with Gasteiger partial charge in [0.05, 0.1) is 17.9 Å². The van der Waals surface area contributed by atoms with Gasteiger partial charge in [0.15, 0.2) is 5.82 Å². The Hall–Kier alpha value is -1.72. The molecule has 0 saturated heterocycles. The summed E-state index contributed by atoms with van der Waals surface area (Å²) in [6, 6.07) is 7.05. The maximum atomic E-state index is 9.07. The summed E-state index contributed by atoms with van der Waals surface area (Å²) in [5.41, 5.74) is 12.6. The summed E-state index contributed by atoms with van der Waals surface area (Å²) in [4.78, 5) is 0. The average Bonchev–Trinajstić information content (AvgIpc) is 2.54. The topological polar surface area (TPSA) is 90.1 Å². The number of benzene rings is 1. The largest absolute Gasteiger partial charge is 0.391 e. The van der Waals surface area contributed by atoms with Crippen molar-refractivity contribution < 1.29 is 5.11 Å². The van der Waals surface area contributed by atoms with Gasteiger partial charge in [0.25, 0.3) is 0 Å². The first kappa shape index (κ1) is 10.8. The first-order valence-corrected chi connectivity index (χ1v) is 5.01. The van der Waals surface area contributed by atoms with E-state index in [2.05, 4.69) is 5.10 Å². The molecule has 0 fully saturated rings. The molecule has 0 radical (unpaired) electrons. The number of hydrogen-bond acceptors (Lipinski definition) is 4. The van der Waals surface area contributed by atoms with Crippen LogP contribution >= 0.6 is 11.6 Å². The first-order chi connectivity index (χ1) is 7.63. The lowest BCUT2D eigenvalue weighted by Crippen LogP contribution is -2.02. The Labute approximate surface area is 97.2 Å². The van der Waals surface area contributed by atoms with E-state index in [1.165, 1.54) is 4.68 Å². The van der Waals surface area contributed by atoms with Crippen molar-refractivity contribution in [3.63, 3.8) is 0 Å². The fraction of sp³-hybridized carbons (Fsp3) is 0.100. The van der Waals surface area contributed by atoms with Gasteiger partial charge in [-0.3, -0.25) is 0 Å². The molecular weight excluding hydrogens is 228 g/mol. The number of hydrogen-bond donors (Lipinski definition) is 3. The lowest BCUT2D eigenvalue weighted by molar-refractivity contribution is 0.283. The number of aromatic nitrogens is 2. The zero-order valence-corrected chi connectivity index (χ0v) is 9.15. The fourth-order valence-corrected chi connectivity index (χ4v) is 1.63. The van der Waals surface area contributed by atoms with Crippen molar-refractivity contribution in [3.8, 4) is 5.69 Å². The van der Waals surface area contributed by atoms with Crippen LogP contribution in [0.25, 0.3) is 5.69 Å². The van der Waals surface area contributed by atoms with Crippen molar-refractivity contribution in [2.24, 2.45) is 0 Å². The van der Waals surface area contributed by atoms with Gasteiger partial charge >= 0.3 is 0 Å². The Bertz CT molecular complexity index is 524. The molecule has 1 aromatic carbocycles. The highest BCUT2D eigenvalue weighted by molar-refractivity contribution is 6.30. The van der Waals surface area contributed by atoms with E-state index in [9.17, 15) is 0 Å². The van der Waals surface area contributed by atoms with E-state index >= 15 is 0 Å². The molecule has 0 unspecified atom stereocenters. The molecule has 0 atom stereocenters. The Morgan fingerprint density at radius 3 is 2.69 bits per heavy atom. The molecule has 84 valence electrons. The monoisotopic (exact) mass is 238 g/mol. The summed E-state index contributed by atoms with van der Waals surface area (Å²) in [7, 11) is 0. The lowest BCUT2D eigenvalue weighted by atomic mass is 10.3. The standard InChI is InChI=1S/C10H11ClN4O/c11-6-2-1-3-7(4-6)15-10(13)8(5-16)9(12)14-15/h1-4,16H,5,13H2,(H2,12,14). The molecule has 0 bridgehead atoms. The third kappa shape index (κ3) is 1.70. The van der Waals surface area contributed by atoms with Crippen LogP contribution in [0.4, 0.5) is 11.6 Å². The van der Waals surface area contributed by atoms with Crippen molar-refractivity contribution in [2.45, 2.75) is 6.61 Å². The van der Waals surface area contributed by atoms with Gasteiger partial charge < -0.3 is 16.6 Å². The fourth-order valence-electron chi connectivity index (χ4n) is 1.45. The summed E-state index contributed by atoms with van der Waals surface area (Å²) >= 11 is 5.86. The third-order valence-corrected chi connectivity index (χ3v) is 2.50. The lowest BCUT2D eigenvalue weighted by Gasteiger charge is -2.04. The van der Waals surface area contributed by atoms with Crippen LogP contribution in [0.15, 0.2) is 24.3 Å². The Kier molecular flexibility index (Phi) is 2.72. The quantitative estimate of drug-likeness (QED) is 0.733. The number of aliphatic hydroxyl groups is 1. The highest BCUT2D eigenvalue weighted by atomic mass is 35.5. The minimum Gasteiger partial charge on any atom is -0.391 e. The summed E-state index contributed by atoms with van der Waals surface area (Å²) in [5, 5.41) is 13.7. The molecular formula is C10H11ClN4O. The predicted octanol–water partition coefficient (Wildman–Crippen LogP) is 1.18. The van der Waals surface area contributed by atoms with Crippen LogP contribution in [0.1, 0.15) is 5.56 Å². The molecule has 2 rings (SSSR count). The van der Waals surface area contributed by atoms with Gasteiger partial charge in [-0.1, -0.05) is 17.7 Å². The van der Waals surface area contributed by atoms with Gasteiger partial charge in [-0.15, -0.1) is 5.10 Å². The van der Waals surface area contributed by atoms with Crippen LogP contribution in [0.2, 0.25) is 5.02 Å². The maximum Gasteiger partial charge on any atom is 0.153 e. The van der Waals surface area contributed by atoms with E-state index in [-0.39, 0.29) is 12.4 Å². The van der Waals surface area contributed by atoms with Gasteiger partial charge in [0, 0.05) is 5.02 Å². The smallest absolute Gasteiger partial charge is 0.153 e. The Morgan fingerprint density at radius 1 is 1.38 bits per heavy atom. The molecule has 2 aromatic rings. The second-order valence-electron chi connectivity index (χ2n) is 3.30. The second-order valence-corrected chi connectivity index (χ2v) is 3.74. The highest BCUT2D eigenvalue weighted by Gasteiger charge is 2.13. The Balaban J connectivity index is 2.56. The van der Waals surface area contributed by atoms with Gasteiger partial charge in [0.2, 0.25) is 0 Å². The van der Waals surface area contributed by atoms with Crippen LogP contribution < -0.4 is 11.5 Å². The van der Waals surface area contributed by atoms with Crippen molar-refractivity contribution in [3.05, 3.63) is 34.9 Å². The number of nitrogen functional groups attached to an aromatic ring is 2. The molecule has 0 saturated carbocycles. The zero-order valence-electron chi connectivity index (χ0n) is 8.39. The second kappa shape index (κ2) is 4.03. The predicted molar refractivity (Wildman–Crippen MR) is 63.3 cm³/mol. The first-order valence-electron chi connectivity index (χ1n) is 4.63. The number of aliphatic hydroxyl groups excluding tert-OH is 1. The molecule has 0 amide bonds.